The van der Waals surface area contributed by atoms with E-state index in [1.54, 1.807) is 0 Å². The predicted molar refractivity (Wildman–Crippen MR) is 26.8 cm³/mol. The van der Waals surface area contributed by atoms with Crippen molar-refractivity contribution in [2.24, 2.45) is 5.90 Å². The third kappa shape index (κ3) is 3.58. The molecule has 48 valence electrons. The molecule has 0 aliphatic carbocycles. The van der Waals surface area contributed by atoms with Crippen molar-refractivity contribution in [3.63, 3.8) is 0 Å². The summed E-state index contributed by atoms with van der Waals surface area (Å²) >= 11 is 0. The first kappa shape index (κ1) is 7.39. The van der Waals surface area contributed by atoms with Gasteiger partial charge >= 0.3 is 5.97 Å². The number of carbonyl (C=O) groups is 1. The lowest BCUT2D eigenvalue weighted by Crippen LogP contribution is -2.11. The van der Waals surface area contributed by atoms with E-state index >= 15 is 0 Å². The number of carbonyl (C=O) groups excluding carboxylic acids is 1. The number of hydrogen-bond donors (Lipinski definition) is 1. The van der Waals surface area contributed by atoms with Gasteiger partial charge in [-0.1, -0.05) is 0 Å². The average Bonchev–Trinajstić information content (AvgIpc) is 1.83. The summed E-state index contributed by atoms with van der Waals surface area (Å²) in [5.74, 6) is 4.06. The van der Waals surface area contributed by atoms with Crippen molar-refractivity contribution in [3.8, 4) is 0 Å². The first-order valence-corrected chi connectivity index (χ1v) is 2.19. The Morgan fingerprint density at radius 2 is 2.38 bits per heavy atom. The molecule has 0 aromatic carbocycles. The molecular formula is C4H9NO3. The van der Waals surface area contributed by atoms with Gasteiger partial charge in [0.1, 0.15) is 0 Å². The van der Waals surface area contributed by atoms with Crippen LogP contribution in [-0.2, 0) is 14.4 Å². The van der Waals surface area contributed by atoms with Gasteiger partial charge in [-0.3, -0.25) is 4.79 Å². The normalized spacial score (nSPS) is 8.75. The quantitative estimate of drug-likeness (QED) is 0.506. The van der Waals surface area contributed by atoms with Gasteiger partial charge in [0, 0.05) is 7.11 Å². The maximum Gasteiger partial charge on any atom is 0.326 e. The molecule has 0 atom stereocenters. The molecule has 0 spiro atoms. The molecule has 0 saturated carbocycles. The molecule has 0 aromatic heterocycles. The first-order valence-electron chi connectivity index (χ1n) is 2.19. The van der Waals surface area contributed by atoms with Crippen molar-refractivity contribution in [3.05, 3.63) is 0 Å². The molecule has 4 heteroatoms. The first-order chi connectivity index (χ1) is 3.81. The number of rotatable bonds is 3. The Morgan fingerprint density at radius 1 is 1.75 bits per heavy atom. The van der Waals surface area contributed by atoms with Crippen LogP contribution in [0.3, 0.4) is 0 Å². The molecule has 0 radical (unpaired) electrons. The summed E-state index contributed by atoms with van der Waals surface area (Å²) in [5.41, 5.74) is 0. The van der Waals surface area contributed by atoms with E-state index in [2.05, 4.69) is 15.5 Å². The molecule has 0 fully saturated rings. The highest BCUT2D eigenvalue weighted by atomic mass is 16.7. The van der Waals surface area contributed by atoms with Crippen LogP contribution < -0.4 is 5.90 Å². The van der Waals surface area contributed by atoms with Crippen molar-refractivity contribution in [2.45, 2.75) is 6.42 Å². The number of ether oxygens (including phenoxy) is 1. The molecule has 0 unspecified atom stereocenters. The highest BCUT2D eigenvalue weighted by molar-refractivity contribution is 5.68. The third-order valence-electron chi connectivity index (χ3n) is 0.642. The van der Waals surface area contributed by atoms with Gasteiger partial charge in [0.15, 0.2) is 0 Å². The van der Waals surface area contributed by atoms with Crippen LogP contribution in [-0.4, -0.2) is 19.7 Å². The van der Waals surface area contributed by atoms with Crippen LogP contribution in [0.2, 0.25) is 0 Å². The zero-order valence-corrected chi connectivity index (χ0v) is 4.72. The van der Waals surface area contributed by atoms with Crippen LogP contribution in [0.15, 0.2) is 0 Å². The lowest BCUT2D eigenvalue weighted by atomic mass is 10.5. The molecule has 0 aromatic rings. The molecular weight excluding hydrogens is 110 g/mol. The standard InChI is InChI=1S/C4H9NO3/c1-7-3-2-4(6)8-5/h2-3,5H2,1H3. The van der Waals surface area contributed by atoms with Gasteiger partial charge in [0.2, 0.25) is 0 Å². The fourth-order valence-corrected chi connectivity index (χ4v) is 0.244. The molecule has 8 heavy (non-hydrogen) atoms. The summed E-state index contributed by atoms with van der Waals surface area (Å²) in [6.07, 6.45) is 0.215. The topological polar surface area (TPSA) is 61.5 Å². The van der Waals surface area contributed by atoms with E-state index in [9.17, 15) is 4.79 Å². The number of hydrogen-bond acceptors (Lipinski definition) is 4. The molecule has 0 heterocycles. The van der Waals surface area contributed by atoms with Crippen molar-refractivity contribution in [1.82, 2.24) is 0 Å². The van der Waals surface area contributed by atoms with Gasteiger partial charge in [-0.2, -0.15) is 5.90 Å². The minimum atomic E-state index is -0.452. The van der Waals surface area contributed by atoms with Gasteiger partial charge < -0.3 is 9.57 Å². The fraction of sp³-hybridized carbons (Fsp3) is 0.750. The highest BCUT2D eigenvalue weighted by Gasteiger charge is 1.96. The SMILES string of the molecule is COCCC(=O)ON. The van der Waals surface area contributed by atoms with Crippen molar-refractivity contribution < 1.29 is 14.4 Å². The zero-order chi connectivity index (χ0) is 6.41. The molecule has 0 rings (SSSR count). The summed E-state index contributed by atoms with van der Waals surface area (Å²) in [6.45, 7) is 0.357. The summed E-state index contributed by atoms with van der Waals surface area (Å²) in [5, 5.41) is 0. The van der Waals surface area contributed by atoms with Gasteiger partial charge in [0.25, 0.3) is 0 Å². The Bertz CT molecular complexity index is 73.7. The van der Waals surface area contributed by atoms with Crippen LogP contribution >= 0.6 is 0 Å². The largest absolute Gasteiger partial charge is 0.384 e. The summed E-state index contributed by atoms with van der Waals surface area (Å²) < 4.78 is 4.56. The van der Waals surface area contributed by atoms with E-state index in [1.807, 2.05) is 0 Å². The molecule has 4 nitrogen and oxygen atoms in total. The van der Waals surface area contributed by atoms with Crippen LogP contribution in [0.5, 0.6) is 0 Å². The Morgan fingerprint density at radius 3 is 2.75 bits per heavy atom. The highest BCUT2D eigenvalue weighted by Crippen LogP contribution is 1.80. The molecule has 0 aliphatic heterocycles. The summed E-state index contributed by atoms with van der Waals surface area (Å²) in [4.78, 5) is 14.0. The van der Waals surface area contributed by atoms with E-state index in [1.165, 1.54) is 7.11 Å². The Balaban J connectivity index is 2.99. The van der Waals surface area contributed by atoms with E-state index in [0.717, 1.165) is 0 Å². The zero-order valence-electron chi connectivity index (χ0n) is 4.72. The second kappa shape index (κ2) is 4.55. The minimum absolute atomic E-state index is 0.215. The summed E-state index contributed by atoms with van der Waals surface area (Å²) in [7, 11) is 1.50. The molecule has 0 aliphatic rings. The minimum Gasteiger partial charge on any atom is -0.384 e. The Hall–Kier alpha value is -0.610. The van der Waals surface area contributed by atoms with Crippen molar-refractivity contribution in [2.75, 3.05) is 13.7 Å². The van der Waals surface area contributed by atoms with Crippen LogP contribution in [0, 0.1) is 0 Å². The Labute approximate surface area is 47.5 Å². The Kier molecular flexibility index (Phi) is 4.20. The molecule has 0 amide bonds. The lowest BCUT2D eigenvalue weighted by molar-refractivity contribution is -0.145. The molecule has 0 bridgehead atoms. The van der Waals surface area contributed by atoms with Crippen molar-refractivity contribution >= 4 is 5.97 Å². The fourth-order valence-electron chi connectivity index (χ4n) is 0.244. The van der Waals surface area contributed by atoms with E-state index < -0.39 is 5.97 Å². The lowest BCUT2D eigenvalue weighted by Gasteiger charge is -1.93. The van der Waals surface area contributed by atoms with E-state index in [4.69, 9.17) is 0 Å². The predicted octanol–water partition coefficient (Wildman–Crippen LogP) is -0.560. The van der Waals surface area contributed by atoms with Crippen LogP contribution in [0.4, 0.5) is 0 Å². The molecule has 2 N–H and O–H groups in total. The third-order valence-corrected chi connectivity index (χ3v) is 0.642. The summed E-state index contributed by atoms with van der Waals surface area (Å²) in [6, 6.07) is 0. The smallest absolute Gasteiger partial charge is 0.326 e. The van der Waals surface area contributed by atoms with Gasteiger partial charge in [0.05, 0.1) is 13.0 Å². The maximum atomic E-state index is 10.1. The maximum absolute atomic E-state index is 10.1. The van der Waals surface area contributed by atoms with Crippen molar-refractivity contribution in [1.29, 1.82) is 0 Å². The second-order valence-electron chi connectivity index (χ2n) is 1.23. The van der Waals surface area contributed by atoms with Crippen LogP contribution in [0.1, 0.15) is 6.42 Å². The average molecular weight is 119 g/mol. The number of methoxy groups -OCH3 is 1. The van der Waals surface area contributed by atoms with E-state index in [0.29, 0.717) is 6.61 Å². The second-order valence-corrected chi connectivity index (χ2v) is 1.23. The van der Waals surface area contributed by atoms with Gasteiger partial charge in [-0.05, 0) is 0 Å². The molecule has 0 saturated heterocycles. The monoisotopic (exact) mass is 119 g/mol. The van der Waals surface area contributed by atoms with Gasteiger partial charge in [-0.15, -0.1) is 0 Å². The number of nitrogens with two attached hydrogens (primary N) is 1. The van der Waals surface area contributed by atoms with Gasteiger partial charge in [-0.25, -0.2) is 0 Å². The van der Waals surface area contributed by atoms with E-state index in [-0.39, 0.29) is 6.42 Å². The van der Waals surface area contributed by atoms with Crippen LogP contribution in [0.25, 0.3) is 0 Å².